The van der Waals surface area contributed by atoms with E-state index >= 15 is 0 Å². The maximum atomic E-state index is 12.9. The summed E-state index contributed by atoms with van der Waals surface area (Å²) in [5.74, 6) is -1.67. The molecule has 0 spiro atoms. The van der Waals surface area contributed by atoms with Crippen LogP contribution in [0.15, 0.2) is 24.3 Å². The second-order valence-corrected chi connectivity index (χ2v) is 12.0. The van der Waals surface area contributed by atoms with Gasteiger partial charge in [-0.05, 0) is 57.2 Å². The summed E-state index contributed by atoms with van der Waals surface area (Å²) in [4.78, 5) is 24.8. The van der Waals surface area contributed by atoms with E-state index in [4.69, 9.17) is 0 Å². The van der Waals surface area contributed by atoms with E-state index in [-0.39, 0.29) is 35.4 Å². The maximum absolute atomic E-state index is 12.9. The summed E-state index contributed by atoms with van der Waals surface area (Å²) in [5.41, 5.74) is -1.16. The van der Waals surface area contributed by atoms with Gasteiger partial charge in [-0.15, -0.1) is 0 Å². The molecule has 1 saturated carbocycles. The standard InChI is InChI=1S/C23H34F3N3O4S/c1-14(2)28-19-8-9-20(17(11-19)13-34(32,33)15(3)4)29-21(30)12-27-22(31)16-6-5-7-18(10-16)23(24,25)26/h5-7,10,14-15,17,19-20,28H,8-9,11-13H2,1-4H3,(H,27,31)(H,29,30)/t17-,19-,20+/m1/s1. The lowest BCUT2D eigenvalue weighted by atomic mass is 9.82. The highest BCUT2D eigenvalue weighted by molar-refractivity contribution is 7.91. The number of hydrogen-bond acceptors (Lipinski definition) is 5. The summed E-state index contributed by atoms with van der Waals surface area (Å²) in [6.07, 6.45) is -2.65. The van der Waals surface area contributed by atoms with E-state index in [1.165, 1.54) is 6.07 Å². The molecule has 0 bridgehead atoms. The van der Waals surface area contributed by atoms with Crippen LogP contribution >= 0.6 is 0 Å². The van der Waals surface area contributed by atoms with E-state index in [0.717, 1.165) is 24.6 Å². The summed E-state index contributed by atoms with van der Waals surface area (Å²) >= 11 is 0. The number of alkyl halides is 3. The number of amides is 2. The van der Waals surface area contributed by atoms with Crippen LogP contribution in [0.5, 0.6) is 0 Å². The van der Waals surface area contributed by atoms with Gasteiger partial charge in [-0.1, -0.05) is 19.9 Å². The fourth-order valence-corrected chi connectivity index (χ4v) is 5.46. The van der Waals surface area contributed by atoms with Crippen LogP contribution in [0.1, 0.15) is 62.9 Å². The molecule has 11 heteroatoms. The van der Waals surface area contributed by atoms with Crippen molar-refractivity contribution >= 4 is 21.7 Å². The molecule has 0 saturated heterocycles. The first-order chi connectivity index (χ1) is 15.7. The lowest BCUT2D eigenvalue weighted by Crippen LogP contribution is -2.52. The molecule has 0 aliphatic heterocycles. The molecule has 1 aromatic rings. The molecule has 34 heavy (non-hydrogen) atoms. The second-order valence-electron chi connectivity index (χ2n) is 9.40. The Morgan fingerprint density at radius 3 is 2.38 bits per heavy atom. The molecule has 0 aromatic heterocycles. The van der Waals surface area contributed by atoms with E-state index in [1.54, 1.807) is 13.8 Å². The first kappa shape index (κ1) is 28.1. The van der Waals surface area contributed by atoms with Crippen molar-refractivity contribution in [2.24, 2.45) is 5.92 Å². The van der Waals surface area contributed by atoms with Crippen molar-refractivity contribution in [3.63, 3.8) is 0 Å². The SMILES string of the molecule is CC(C)N[C@@H]1CC[C@H](NC(=O)CNC(=O)c2cccc(C(F)(F)F)c2)[C@@H](CS(=O)(=O)C(C)C)C1. The average molecular weight is 506 g/mol. The Morgan fingerprint density at radius 1 is 1.12 bits per heavy atom. The number of halogens is 3. The van der Waals surface area contributed by atoms with Gasteiger partial charge in [0.25, 0.3) is 5.91 Å². The predicted octanol–water partition coefficient (Wildman–Crippen LogP) is 2.91. The molecule has 3 atom stereocenters. The number of benzene rings is 1. The first-order valence-corrected chi connectivity index (χ1v) is 13.1. The Balaban J connectivity index is 2.01. The molecule has 2 rings (SSSR count). The zero-order chi connectivity index (χ0) is 25.7. The minimum atomic E-state index is -4.58. The summed E-state index contributed by atoms with van der Waals surface area (Å²) < 4.78 is 63.7. The minimum absolute atomic E-state index is 0.0531. The number of rotatable bonds is 9. The van der Waals surface area contributed by atoms with Gasteiger partial charge in [-0.3, -0.25) is 9.59 Å². The van der Waals surface area contributed by atoms with E-state index in [0.29, 0.717) is 12.8 Å². The number of nitrogens with one attached hydrogen (secondary N) is 3. The van der Waals surface area contributed by atoms with Crippen LogP contribution in [0.25, 0.3) is 0 Å². The van der Waals surface area contributed by atoms with Crippen LogP contribution in [0, 0.1) is 5.92 Å². The molecule has 1 fully saturated rings. The van der Waals surface area contributed by atoms with Gasteiger partial charge in [-0.2, -0.15) is 13.2 Å². The van der Waals surface area contributed by atoms with Crippen LogP contribution < -0.4 is 16.0 Å². The number of sulfone groups is 1. The second kappa shape index (κ2) is 11.5. The van der Waals surface area contributed by atoms with Gasteiger partial charge in [0.1, 0.15) is 0 Å². The molecule has 0 unspecified atom stereocenters. The number of hydrogen-bond donors (Lipinski definition) is 3. The topological polar surface area (TPSA) is 104 Å². The highest BCUT2D eigenvalue weighted by Crippen LogP contribution is 2.30. The molecule has 1 aliphatic carbocycles. The first-order valence-electron chi connectivity index (χ1n) is 11.4. The zero-order valence-corrected chi connectivity index (χ0v) is 20.7. The van der Waals surface area contributed by atoms with E-state index in [1.807, 2.05) is 13.8 Å². The highest BCUT2D eigenvalue weighted by Gasteiger charge is 2.35. The van der Waals surface area contributed by atoms with Crippen molar-refractivity contribution in [1.29, 1.82) is 0 Å². The molecule has 1 aromatic carbocycles. The molecular formula is C23H34F3N3O4S. The van der Waals surface area contributed by atoms with Crippen LogP contribution in [-0.4, -0.2) is 55.9 Å². The monoisotopic (exact) mass is 505 g/mol. The van der Waals surface area contributed by atoms with E-state index in [9.17, 15) is 31.2 Å². The Labute approximate surface area is 199 Å². The van der Waals surface area contributed by atoms with Gasteiger partial charge >= 0.3 is 6.18 Å². The van der Waals surface area contributed by atoms with Crippen LogP contribution in [-0.2, 0) is 20.8 Å². The predicted molar refractivity (Wildman–Crippen MR) is 124 cm³/mol. The van der Waals surface area contributed by atoms with Crippen LogP contribution in [0.3, 0.4) is 0 Å². The fraction of sp³-hybridized carbons (Fsp3) is 0.652. The van der Waals surface area contributed by atoms with Crippen molar-refractivity contribution in [2.75, 3.05) is 12.3 Å². The Morgan fingerprint density at radius 2 is 1.79 bits per heavy atom. The van der Waals surface area contributed by atoms with Gasteiger partial charge < -0.3 is 16.0 Å². The lowest BCUT2D eigenvalue weighted by Gasteiger charge is -2.38. The van der Waals surface area contributed by atoms with Crippen molar-refractivity contribution in [1.82, 2.24) is 16.0 Å². The third-order valence-electron chi connectivity index (χ3n) is 5.92. The quantitative estimate of drug-likeness (QED) is 0.479. The smallest absolute Gasteiger partial charge is 0.352 e. The molecule has 2 amide bonds. The van der Waals surface area contributed by atoms with Crippen molar-refractivity contribution in [2.45, 2.75) is 76.5 Å². The Kier molecular flexibility index (Phi) is 9.53. The van der Waals surface area contributed by atoms with Gasteiger partial charge in [0.2, 0.25) is 5.91 Å². The van der Waals surface area contributed by atoms with Crippen molar-refractivity contribution in [3.8, 4) is 0 Å². The van der Waals surface area contributed by atoms with Crippen LogP contribution in [0.2, 0.25) is 0 Å². The van der Waals surface area contributed by atoms with Gasteiger partial charge in [0.05, 0.1) is 23.1 Å². The summed E-state index contributed by atoms with van der Waals surface area (Å²) in [6, 6.07) is 3.95. The number of carbonyl (C=O) groups is 2. The van der Waals surface area contributed by atoms with E-state index < -0.39 is 45.2 Å². The minimum Gasteiger partial charge on any atom is -0.352 e. The number of carbonyl (C=O) groups excluding carboxylic acids is 2. The lowest BCUT2D eigenvalue weighted by molar-refractivity contribution is -0.137. The maximum Gasteiger partial charge on any atom is 0.416 e. The van der Waals surface area contributed by atoms with E-state index in [2.05, 4.69) is 16.0 Å². The molecule has 0 heterocycles. The summed E-state index contributed by atoms with van der Waals surface area (Å²) in [7, 11) is -3.34. The largest absolute Gasteiger partial charge is 0.416 e. The molecule has 3 N–H and O–H groups in total. The Hall–Kier alpha value is -2.14. The molecular weight excluding hydrogens is 471 g/mol. The fourth-order valence-electron chi connectivity index (χ4n) is 4.11. The molecule has 0 radical (unpaired) electrons. The Bertz CT molecular complexity index is 964. The zero-order valence-electron chi connectivity index (χ0n) is 19.9. The third-order valence-corrected chi connectivity index (χ3v) is 8.25. The summed E-state index contributed by atoms with van der Waals surface area (Å²) in [5, 5.41) is 8.05. The van der Waals surface area contributed by atoms with Crippen molar-refractivity contribution < 1.29 is 31.2 Å². The third kappa shape index (κ3) is 8.26. The van der Waals surface area contributed by atoms with Gasteiger partial charge in [-0.25, -0.2) is 8.42 Å². The molecule has 7 nitrogen and oxygen atoms in total. The average Bonchev–Trinajstić information content (AvgIpc) is 2.72. The molecule has 192 valence electrons. The van der Waals surface area contributed by atoms with Gasteiger partial charge in [0.15, 0.2) is 9.84 Å². The molecule has 1 aliphatic rings. The highest BCUT2D eigenvalue weighted by atomic mass is 32.2. The van der Waals surface area contributed by atoms with Crippen molar-refractivity contribution in [3.05, 3.63) is 35.4 Å². The van der Waals surface area contributed by atoms with Crippen LogP contribution in [0.4, 0.5) is 13.2 Å². The normalized spacial score (nSPS) is 21.5. The summed E-state index contributed by atoms with van der Waals surface area (Å²) in [6.45, 7) is 6.85. The van der Waals surface area contributed by atoms with Gasteiger partial charge in [0, 0.05) is 23.7 Å².